The minimum Gasteiger partial charge on any atom is -0.478 e. The molecule has 26 heavy (non-hydrogen) atoms. The first-order chi connectivity index (χ1) is 12.6. The Labute approximate surface area is 153 Å². The van der Waals surface area contributed by atoms with E-state index in [2.05, 4.69) is 0 Å². The largest absolute Gasteiger partial charge is 0.478 e. The molecule has 0 aromatic heterocycles. The van der Waals surface area contributed by atoms with Gasteiger partial charge in [0.15, 0.2) is 6.61 Å². The molecule has 1 saturated heterocycles. The molecule has 7 heteroatoms. The van der Waals surface area contributed by atoms with E-state index in [9.17, 15) is 14.0 Å². The zero-order valence-electron chi connectivity index (χ0n) is 13.5. The molecule has 130 valence electrons. The lowest BCUT2D eigenvalue weighted by atomic mass is 10.1. The number of imide groups is 1. The Morgan fingerprint density at radius 1 is 1.15 bits per heavy atom. The van der Waals surface area contributed by atoms with Gasteiger partial charge < -0.3 is 4.74 Å². The summed E-state index contributed by atoms with van der Waals surface area (Å²) in [4.78, 5) is 26.0. The average molecular weight is 368 g/mol. The fourth-order valence-corrected chi connectivity index (χ4v) is 3.24. The van der Waals surface area contributed by atoms with E-state index in [0.29, 0.717) is 11.3 Å². The molecule has 2 aromatic carbocycles. The molecule has 0 saturated carbocycles. The van der Waals surface area contributed by atoms with Crippen LogP contribution < -0.4 is 4.74 Å². The third-order valence-electron chi connectivity index (χ3n) is 3.66. The minimum atomic E-state index is -0.488. The molecule has 3 rings (SSSR count). The van der Waals surface area contributed by atoms with Crippen LogP contribution in [0.4, 0.5) is 9.18 Å². The molecule has 0 N–H and O–H groups in total. The number of nitriles is 1. The van der Waals surface area contributed by atoms with Crippen LogP contribution in [0.1, 0.15) is 11.1 Å². The van der Waals surface area contributed by atoms with Crippen LogP contribution in [0.25, 0.3) is 6.08 Å². The Morgan fingerprint density at radius 2 is 1.88 bits per heavy atom. The van der Waals surface area contributed by atoms with Gasteiger partial charge >= 0.3 is 0 Å². The van der Waals surface area contributed by atoms with E-state index < -0.39 is 17.0 Å². The predicted octanol–water partition coefficient (Wildman–Crippen LogP) is 3.96. The van der Waals surface area contributed by atoms with Crippen LogP contribution in [0, 0.1) is 17.1 Å². The summed E-state index contributed by atoms with van der Waals surface area (Å²) in [5.41, 5.74) is 0.855. The van der Waals surface area contributed by atoms with Crippen LogP contribution >= 0.6 is 11.8 Å². The summed E-state index contributed by atoms with van der Waals surface area (Å²) in [6, 6.07) is 14.8. The Balaban J connectivity index is 1.84. The molecule has 5 nitrogen and oxygen atoms in total. The number of hydrogen-bond acceptors (Lipinski definition) is 5. The standard InChI is InChI=1S/C19H13FN2O3S/c20-15-7-3-1-6-14(15)12-22-18(23)17(26-19(22)24)11-13-5-2-4-8-16(13)25-10-9-21/h1-8,11H,10,12H2/b17-11-. The summed E-state index contributed by atoms with van der Waals surface area (Å²) >= 11 is 0.790. The maximum atomic E-state index is 13.8. The normalized spacial score (nSPS) is 15.4. The lowest BCUT2D eigenvalue weighted by Gasteiger charge is -2.12. The number of benzene rings is 2. The second kappa shape index (κ2) is 7.85. The zero-order valence-corrected chi connectivity index (χ0v) is 14.3. The van der Waals surface area contributed by atoms with Crippen molar-refractivity contribution in [3.63, 3.8) is 0 Å². The van der Waals surface area contributed by atoms with Gasteiger partial charge in [0.2, 0.25) is 0 Å². The van der Waals surface area contributed by atoms with Crippen molar-refractivity contribution in [1.29, 1.82) is 5.26 Å². The van der Waals surface area contributed by atoms with Gasteiger partial charge in [0.25, 0.3) is 11.1 Å². The number of hydrogen-bond donors (Lipinski definition) is 0. The highest BCUT2D eigenvalue weighted by Crippen LogP contribution is 2.35. The van der Waals surface area contributed by atoms with Gasteiger partial charge in [-0.25, -0.2) is 4.39 Å². The molecular formula is C19H13FN2O3S. The van der Waals surface area contributed by atoms with Crippen molar-refractivity contribution in [2.45, 2.75) is 6.54 Å². The maximum Gasteiger partial charge on any atom is 0.293 e. The third-order valence-corrected chi connectivity index (χ3v) is 4.57. The van der Waals surface area contributed by atoms with Crippen LogP contribution in [-0.4, -0.2) is 22.7 Å². The van der Waals surface area contributed by atoms with E-state index in [1.165, 1.54) is 12.1 Å². The van der Waals surface area contributed by atoms with Crippen molar-refractivity contribution < 1.29 is 18.7 Å². The lowest BCUT2D eigenvalue weighted by Crippen LogP contribution is -2.27. The Hall–Kier alpha value is -3.11. The zero-order chi connectivity index (χ0) is 18.5. The van der Waals surface area contributed by atoms with Crippen LogP contribution in [0.2, 0.25) is 0 Å². The number of carbonyl (C=O) groups excluding carboxylic acids is 2. The molecular weight excluding hydrogens is 355 g/mol. The second-order valence-electron chi connectivity index (χ2n) is 5.34. The molecule has 2 aromatic rings. The fraction of sp³-hybridized carbons (Fsp3) is 0.105. The first kappa shape index (κ1) is 17.7. The number of halogens is 1. The molecule has 0 bridgehead atoms. The van der Waals surface area contributed by atoms with Crippen LogP contribution in [0.3, 0.4) is 0 Å². The first-order valence-corrected chi connectivity index (χ1v) is 8.49. The monoisotopic (exact) mass is 368 g/mol. The van der Waals surface area contributed by atoms with Crippen LogP contribution in [0.5, 0.6) is 5.75 Å². The molecule has 1 fully saturated rings. The van der Waals surface area contributed by atoms with Gasteiger partial charge in [-0.1, -0.05) is 36.4 Å². The minimum absolute atomic E-state index is 0.124. The van der Waals surface area contributed by atoms with Gasteiger partial charge in [0.05, 0.1) is 11.4 Å². The highest BCUT2D eigenvalue weighted by atomic mass is 32.2. The van der Waals surface area contributed by atoms with Crippen molar-refractivity contribution in [3.05, 3.63) is 70.4 Å². The van der Waals surface area contributed by atoms with Crippen molar-refractivity contribution >= 4 is 29.0 Å². The molecule has 0 unspecified atom stereocenters. The van der Waals surface area contributed by atoms with E-state index in [4.69, 9.17) is 10.00 Å². The molecule has 1 aliphatic rings. The summed E-state index contributed by atoms with van der Waals surface area (Å²) in [6.45, 7) is -0.249. The summed E-state index contributed by atoms with van der Waals surface area (Å²) in [6.07, 6.45) is 1.54. The fourth-order valence-electron chi connectivity index (χ4n) is 2.42. The molecule has 0 spiro atoms. The summed E-state index contributed by atoms with van der Waals surface area (Å²) < 4.78 is 19.1. The smallest absolute Gasteiger partial charge is 0.293 e. The molecule has 0 radical (unpaired) electrons. The topological polar surface area (TPSA) is 70.4 Å². The molecule has 2 amide bonds. The summed E-state index contributed by atoms with van der Waals surface area (Å²) in [5.74, 6) is -0.515. The predicted molar refractivity (Wildman–Crippen MR) is 95.5 cm³/mol. The average Bonchev–Trinajstić information content (AvgIpc) is 2.90. The quantitative estimate of drug-likeness (QED) is 0.747. The Bertz CT molecular complexity index is 936. The van der Waals surface area contributed by atoms with Gasteiger partial charge in [-0.3, -0.25) is 14.5 Å². The number of carbonyl (C=O) groups is 2. The first-order valence-electron chi connectivity index (χ1n) is 7.67. The van der Waals surface area contributed by atoms with Gasteiger partial charge in [0, 0.05) is 11.1 Å². The molecule has 0 atom stereocenters. The lowest BCUT2D eigenvalue weighted by molar-refractivity contribution is -0.123. The van der Waals surface area contributed by atoms with Crippen molar-refractivity contribution in [3.8, 4) is 11.8 Å². The Kier molecular flexibility index (Phi) is 5.34. The van der Waals surface area contributed by atoms with E-state index in [1.807, 2.05) is 6.07 Å². The van der Waals surface area contributed by atoms with Crippen LogP contribution in [-0.2, 0) is 11.3 Å². The van der Waals surface area contributed by atoms with Crippen molar-refractivity contribution in [1.82, 2.24) is 4.90 Å². The molecule has 1 heterocycles. The van der Waals surface area contributed by atoms with Gasteiger partial charge in [-0.15, -0.1) is 0 Å². The highest BCUT2D eigenvalue weighted by Gasteiger charge is 2.35. The second-order valence-corrected chi connectivity index (χ2v) is 6.34. The van der Waals surface area contributed by atoms with E-state index in [-0.39, 0.29) is 23.6 Å². The van der Waals surface area contributed by atoms with E-state index in [0.717, 1.165) is 16.7 Å². The third kappa shape index (κ3) is 3.76. The molecule has 0 aliphatic carbocycles. The van der Waals surface area contributed by atoms with E-state index >= 15 is 0 Å². The number of amides is 2. The van der Waals surface area contributed by atoms with Gasteiger partial charge in [-0.05, 0) is 30.0 Å². The van der Waals surface area contributed by atoms with Crippen LogP contribution in [0.15, 0.2) is 53.4 Å². The van der Waals surface area contributed by atoms with Gasteiger partial charge in [0.1, 0.15) is 17.6 Å². The number of para-hydroxylation sites is 1. The van der Waals surface area contributed by atoms with Crippen molar-refractivity contribution in [2.75, 3.05) is 6.61 Å². The summed E-state index contributed by atoms with van der Waals surface area (Å²) in [5, 5.41) is 8.19. The Morgan fingerprint density at radius 3 is 2.65 bits per heavy atom. The number of rotatable bonds is 5. The highest BCUT2D eigenvalue weighted by molar-refractivity contribution is 8.18. The SMILES string of the molecule is N#CCOc1ccccc1/C=C1\SC(=O)N(Cc2ccccc2F)C1=O. The summed E-state index contributed by atoms with van der Waals surface area (Å²) in [7, 11) is 0. The number of thioether (sulfide) groups is 1. The van der Waals surface area contributed by atoms with Gasteiger partial charge in [-0.2, -0.15) is 5.26 Å². The maximum absolute atomic E-state index is 13.8. The van der Waals surface area contributed by atoms with E-state index in [1.54, 1.807) is 42.5 Å². The van der Waals surface area contributed by atoms with Crippen molar-refractivity contribution in [2.24, 2.45) is 0 Å². The number of ether oxygens (including phenoxy) is 1. The molecule has 1 aliphatic heterocycles. The number of nitrogens with zero attached hydrogens (tertiary/aromatic N) is 2.